The van der Waals surface area contributed by atoms with Gasteiger partial charge in [0.2, 0.25) is 0 Å². The molecule has 0 aromatic heterocycles. The van der Waals surface area contributed by atoms with Gasteiger partial charge in [0.25, 0.3) is 0 Å². The number of ketones is 1. The first kappa shape index (κ1) is 12.9. The van der Waals surface area contributed by atoms with E-state index >= 15 is 0 Å². The maximum Gasteiger partial charge on any atom is 0.153 e. The summed E-state index contributed by atoms with van der Waals surface area (Å²) in [5, 5.41) is 3.40. The Kier molecular flexibility index (Phi) is 3.97. The summed E-state index contributed by atoms with van der Waals surface area (Å²) in [5.74, 6) is 3.00. The van der Waals surface area contributed by atoms with Gasteiger partial charge in [-0.05, 0) is 44.4 Å². The lowest BCUT2D eigenvalue weighted by Gasteiger charge is -2.38. The fourth-order valence-corrected chi connectivity index (χ4v) is 4.89. The molecule has 3 aliphatic rings. The summed E-state index contributed by atoms with van der Waals surface area (Å²) in [6, 6.07) is 0.132. The molecule has 3 heterocycles. The van der Waals surface area contributed by atoms with Gasteiger partial charge in [-0.2, -0.15) is 11.8 Å². The number of rotatable bonds is 2. The number of hydrogen-bond donors (Lipinski definition) is 1. The van der Waals surface area contributed by atoms with Crippen LogP contribution in [0.3, 0.4) is 0 Å². The number of hydrogen-bond acceptors (Lipinski definition) is 4. The molecule has 1 N–H and O–H groups in total. The Balaban J connectivity index is 1.62. The van der Waals surface area contributed by atoms with Crippen molar-refractivity contribution in [3.8, 4) is 0 Å². The van der Waals surface area contributed by atoms with Crippen molar-refractivity contribution < 1.29 is 9.53 Å². The molecule has 3 aliphatic heterocycles. The first-order valence-electron chi connectivity index (χ1n) is 7.28. The second-order valence-electron chi connectivity index (χ2n) is 5.93. The predicted molar refractivity (Wildman–Crippen MR) is 74.0 cm³/mol. The van der Waals surface area contributed by atoms with E-state index in [4.69, 9.17) is 4.74 Å². The van der Waals surface area contributed by atoms with Gasteiger partial charge in [-0.3, -0.25) is 4.79 Å². The molecule has 3 saturated heterocycles. The minimum absolute atomic E-state index is 0.0396. The SMILES string of the molecule is O=C(C1CCOC2(CCSC2)C1)C1CCCCN1. The van der Waals surface area contributed by atoms with Crippen LogP contribution in [0.1, 0.15) is 38.5 Å². The van der Waals surface area contributed by atoms with Crippen LogP contribution in [0.15, 0.2) is 0 Å². The summed E-state index contributed by atoms with van der Waals surface area (Å²) in [6.07, 6.45) is 6.50. The Morgan fingerprint density at radius 3 is 3.00 bits per heavy atom. The van der Waals surface area contributed by atoms with Crippen molar-refractivity contribution in [3.05, 3.63) is 0 Å². The highest BCUT2D eigenvalue weighted by atomic mass is 32.2. The maximum atomic E-state index is 12.6. The molecule has 1 spiro atoms. The molecular weight excluding hydrogens is 246 g/mol. The van der Waals surface area contributed by atoms with E-state index in [1.54, 1.807) is 0 Å². The van der Waals surface area contributed by atoms with E-state index < -0.39 is 0 Å². The average molecular weight is 269 g/mol. The zero-order valence-corrected chi connectivity index (χ0v) is 11.8. The summed E-state index contributed by atoms with van der Waals surface area (Å²) in [6.45, 7) is 1.80. The fraction of sp³-hybridized carbons (Fsp3) is 0.929. The Labute approximate surface area is 113 Å². The van der Waals surface area contributed by atoms with Crippen LogP contribution in [-0.4, -0.2) is 42.1 Å². The Morgan fingerprint density at radius 1 is 1.33 bits per heavy atom. The van der Waals surface area contributed by atoms with Gasteiger partial charge in [-0.1, -0.05) is 6.42 Å². The molecular formula is C14H23NO2S. The molecule has 0 aliphatic carbocycles. The second kappa shape index (κ2) is 5.51. The van der Waals surface area contributed by atoms with Gasteiger partial charge < -0.3 is 10.1 Å². The van der Waals surface area contributed by atoms with Crippen LogP contribution >= 0.6 is 11.8 Å². The van der Waals surface area contributed by atoms with Gasteiger partial charge in [0.05, 0.1) is 11.6 Å². The first-order valence-corrected chi connectivity index (χ1v) is 8.43. The number of carbonyl (C=O) groups excluding carboxylic acids is 1. The first-order chi connectivity index (χ1) is 8.79. The van der Waals surface area contributed by atoms with E-state index in [1.807, 2.05) is 11.8 Å². The molecule has 0 amide bonds. The predicted octanol–water partition coefficient (Wildman–Crippen LogP) is 2.00. The van der Waals surface area contributed by atoms with E-state index in [9.17, 15) is 4.79 Å². The molecule has 3 nitrogen and oxygen atoms in total. The standard InChI is InChI=1S/C14H23NO2S/c16-13(12-3-1-2-6-15-12)11-4-7-17-14(9-11)5-8-18-10-14/h11-12,15H,1-10H2. The van der Waals surface area contributed by atoms with Gasteiger partial charge in [0.1, 0.15) is 0 Å². The molecule has 0 aromatic rings. The number of piperidine rings is 1. The molecule has 18 heavy (non-hydrogen) atoms. The van der Waals surface area contributed by atoms with Gasteiger partial charge >= 0.3 is 0 Å². The van der Waals surface area contributed by atoms with E-state index in [2.05, 4.69) is 5.32 Å². The normalized spacial score (nSPS) is 41.1. The summed E-state index contributed by atoms with van der Waals surface area (Å²) < 4.78 is 6.00. The van der Waals surface area contributed by atoms with Gasteiger partial charge in [0, 0.05) is 18.3 Å². The lowest BCUT2D eigenvalue weighted by Crippen LogP contribution is -2.48. The van der Waals surface area contributed by atoms with Crippen LogP contribution in [0.25, 0.3) is 0 Å². The molecule has 0 saturated carbocycles. The zero-order chi connectivity index (χ0) is 12.4. The van der Waals surface area contributed by atoms with Crippen LogP contribution in [0.4, 0.5) is 0 Å². The van der Waals surface area contributed by atoms with Crippen LogP contribution in [0, 0.1) is 5.92 Å². The van der Waals surface area contributed by atoms with Crippen LogP contribution in [0.2, 0.25) is 0 Å². The lowest BCUT2D eigenvalue weighted by molar-refractivity contribution is -0.136. The van der Waals surface area contributed by atoms with Crippen LogP contribution < -0.4 is 5.32 Å². The highest BCUT2D eigenvalue weighted by molar-refractivity contribution is 7.99. The molecule has 3 fully saturated rings. The number of Topliss-reactive ketones (excluding diaryl/α,β-unsaturated/α-hetero) is 1. The quantitative estimate of drug-likeness (QED) is 0.832. The molecule has 3 atom stereocenters. The summed E-state index contributed by atoms with van der Waals surface area (Å²) >= 11 is 1.98. The van der Waals surface area contributed by atoms with Gasteiger partial charge in [0.15, 0.2) is 5.78 Å². The van der Waals surface area contributed by atoms with Crippen molar-refractivity contribution >= 4 is 17.5 Å². The third-order valence-corrected chi connectivity index (χ3v) is 5.84. The largest absolute Gasteiger partial charge is 0.374 e. The topological polar surface area (TPSA) is 38.3 Å². The Morgan fingerprint density at radius 2 is 2.28 bits per heavy atom. The lowest BCUT2D eigenvalue weighted by atomic mass is 9.80. The zero-order valence-electron chi connectivity index (χ0n) is 11.0. The minimum atomic E-state index is 0.0396. The van der Waals surface area contributed by atoms with Crippen molar-refractivity contribution in [2.45, 2.75) is 50.2 Å². The van der Waals surface area contributed by atoms with Crippen LogP contribution in [-0.2, 0) is 9.53 Å². The number of nitrogens with one attached hydrogen (secondary N) is 1. The number of thioether (sulfide) groups is 1. The van der Waals surface area contributed by atoms with Crippen molar-refractivity contribution in [1.82, 2.24) is 5.32 Å². The third-order valence-electron chi connectivity index (χ3n) is 4.62. The molecule has 4 heteroatoms. The summed E-state index contributed by atoms with van der Waals surface area (Å²) in [7, 11) is 0. The van der Waals surface area contributed by atoms with Crippen molar-refractivity contribution in [1.29, 1.82) is 0 Å². The van der Waals surface area contributed by atoms with Crippen molar-refractivity contribution in [3.63, 3.8) is 0 Å². The summed E-state index contributed by atoms with van der Waals surface area (Å²) in [5.41, 5.74) is 0.0396. The molecule has 0 radical (unpaired) electrons. The molecule has 3 rings (SSSR count). The highest BCUT2D eigenvalue weighted by Crippen LogP contribution is 2.41. The molecule has 3 unspecified atom stereocenters. The van der Waals surface area contributed by atoms with E-state index in [0.717, 1.165) is 44.6 Å². The molecule has 0 bridgehead atoms. The number of carbonyl (C=O) groups is 1. The fourth-order valence-electron chi connectivity index (χ4n) is 3.51. The monoisotopic (exact) mass is 269 g/mol. The Hall–Kier alpha value is -0.0600. The maximum absolute atomic E-state index is 12.6. The highest BCUT2D eigenvalue weighted by Gasteiger charge is 2.43. The smallest absolute Gasteiger partial charge is 0.153 e. The van der Waals surface area contributed by atoms with Gasteiger partial charge in [-0.25, -0.2) is 0 Å². The van der Waals surface area contributed by atoms with E-state index in [1.165, 1.54) is 18.6 Å². The van der Waals surface area contributed by atoms with E-state index in [-0.39, 0.29) is 17.6 Å². The van der Waals surface area contributed by atoms with Gasteiger partial charge in [-0.15, -0.1) is 0 Å². The average Bonchev–Trinajstić information content (AvgIpc) is 2.87. The number of ether oxygens (including phenoxy) is 1. The third kappa shape index (κ3) is 2.61. The summed E-state index contributed by atoms with van der Waals surface area (Å²) in [4.78, 5) is 12.6. The molecule has 0 aromatic carbocycles. The van der Waals surface area contributed by atoms with Crippen LogP contribution in [0.5, 0.6) is 0 Å². The van der Waals surface area contributed by atoms with E-state index in [0.29, 0.717) is 5.78 Å². The minimum Gasteiger partial charge on any atom is -0.374 e. The molecule has 102 valence electrons. The van der Waals surface area contributed by atoms with Crippen molar-refractivity contribution in [2.24, 2.45) is 5.92 Å². The van der Waals surface area contributed by atoms with Crippen molar-refractivity contribution in [2.75, 3.05) is 24.7 Å². The second-order valence-corrected chi connectivity index (χ2v) is 7.03. The Bertz CT molecular complexity index is 309.